The zero-order valence-electron chi connectivity index (χ0n) is 23.2. The predicted molar refractivity (Wildman–Crippen MR) is 149 cm³/mol. The molecule has 38 heavy (non-hydrogen) atoms. The second kappa shape index (κ2) is 7.52. The minimum Gasteiger partial charge on any atom is -0.483 e. The largest absolute Gasteiger partial charge is 0.483 e. The molecule has 0 radical (unpaired) electrons. The fraction of sp³-hybridized carbons (Fsp3) is 0.438. The first-order chi connectivity index (χ1) is 17.9. The molecule has 0 amide bonds. The Bertz CT molecular complexity index is 1530. The van der Waals surface area contributed by atoms with Gasteiger partial charge < -0.3 is 28.4 Å². The van der Waals surface area contributed by atoms with Gasteiger partial charge in [0.25, 0.3) is 0 Å². The standard InChI is InChI=1S/C32H34O6/c1-15-17(3)35-27-11-21-19(9-25(27)33-15)20-10-26-28(36-18(4)16(2)34-26)12-22(20)24-14-30-29(13-23(21)24)37-31(5,6)32(7,8)38-30/h9-18H,1-8H3. The smallest absolute Gasteiger partial charge is 0.162 e. The van der Waals surface area contributed by atoms with E-state index in [0.717, 1.165) is 66.8 Å². The van der Waals surface area contributed by atoms with Crippen molar-refractivity contribution in [1.82, 2.24) is 0 Å². The van der Waals surface area contributed by atoms with Crippen LogP contribution in [-0.2, 0) is 0 Å². The molecule has 3 aliphatic heterocycles. The molecule has 0 aromatic heterocycles. The lowest BCUT2D eigenvalue weighted by molar-refractivity contribution is -0.0989. The summed E-state index contributed by atoms with van der Waals surface area (Å²) in [5.41, 5.74) is -1.00. The Hall–Kier alpha value is -3.54. The number of benzene rings is 4. The molecule has 6 heteroatoms. The van der Waals surface area contributed by atoms with Crippen LogP contribution in [0.5, 0.6) is 34.5 Å². The van der Waals surface area contributed by atoms with Crippen LogP contribution in [-0.4, -0.2) is 35.6 Å². The van der Waals surface area contributed by atoms with E-state index in [1.165, 1.54) is 0 Å². The van der Waals surface area contributed by atoms with Crippen molar-refractivity contribution in [3.05, 3.63) is 36.4 Å². The maximum absolute atomic E-state index is 6.54. The molecule has 3 heterocycles. The SMILES string of the molecule is CC1Oc2cc3c4cc5c(cc4c4cc6c(cc4c3cc2OC1C)OC(C)(C)C(C)(C)O6)OC(C)C(C)O5. The van der Waals surface area contributed by atoms with Gasteiger partial charge in [0.1, 0.15) is 35.6 Å². The van der Waals surface area contributed by atoms with Gasteiger partial charge in [-0.3, -0.25) is 0 Å². The van der Waals surface area contributed by atoms with E-state index in [0.29, 0.717) is 0 Å². The molecule has 6 nitrogen and oxygen atoms in total. The quantitative estimate of drug-likeness (QED) is 0.226. The lowest BCUT2D eigenvalue weighted by atomic mass is 9.87. The minimum atomic E-state index is -0.501. The third kappa shape index (κ3) is 3.25. The first-order valence-corrected chi connectivity index (χ1v) is 13.5. The van der Waals surface area contributed by atoms with Crippen molar-refractivity contribution in [3.63, 3.8) is 0 Å². The van der Waals surface area contributed by atoms with Gasteiger partial charge in [-0.2, -0.15) is 0 Å². The van der Waals surface area contributed by atoms with Crippen LogP contribution in [0.1, 0.15) is 55.4 Å². The van der Waals surface area contributed by atoms with Crippen LogP contribution >= 0.6 is 0 Å². The first-order valence-electron chi connectivity index (χ1n) is 13.5. The molecule has 4 aromatic rings. The van der Waals surface area contributed by atoms with Gasteiger partial charge in [-0.25, -0.2) is 0 Å². The van der Waals surface area contributed by atoms with E-state index in [1.54, 1.807) is 0 Å². The highest BCUT2D eigenvalue weighted by molar-refractivity contribution is 6.26. The van der Waals surface area contributed by atoms with E-state index in [-0.39, 0.29) is 24.4 Å². The zero-order valence-corrected chi connectivity index (χ0v) is 23.2. The molecule has 0 bridgehead atoms. The van der Waals surface area contributed by atoms with Gasteiger partial charge in [-0.15, -0.1) is 0 Å². The Morgan fingerprint density at radius 1 is 0.395 bits per heavy atom. The highest BCUT2D eigenvalue weighted by Crippen LogP contribution is 2.51. The summed E-state index contributed by atoms with van der Waals surface area (Å²) in [6.07, 6.45) is -0.163. The monoisotopic (exact) mass is 514 g/mol. The molecule has 4 unspecified atom stereocenters. The van der Waals surface area contributed by atoms with E-state index < -0.39 is 11.2 Å². The molecule has 0 saturated heterocycles. The normalized spacial score (nSPS) is 26.5. The summed E-state index contributed by atoms with van der Waals surface area (Å²) in [6, 6.07) is 12.6. The van der Waals surface area contributed by atoms with Crippen LogP contribution in [0.15, 0.2) is 36.4 Å². The third-order valence-corrected chi connectivity index (χ3v) is 8.88. The average Bonchev–Trinajstić information content (AvgIpc) is 2.83. The molecule has 0 fully saturated rings. The summed E-state index contributed by atoms with van der Waals surface area (Å²) in [6.45, 7) is 16.4. The Morgan fingerprint density at radius 3 is 0.842 bits per heavy atom. The van der Waals surface area contributed by atoms with Crippen LogP contribution in [0, 0.1) is 0 Å². The van der Waals surface area contributed by atoms with E-state index in [9.17, 15) is 0 Å². The summed E-state index contributed by atoms with van der Waals surface area (Å²) >= 11 is 0. The van der Waals surface area contributed by atoms with Crippen molar-refractivity contribution in [2.24, 2.45) is 0 Å². The molecule has 0 spiro atoms. The second-order valence-corrected chi connectivity index (χ2v) is 12.1. The van der Waals surface area contributed by atoms with E-state index in [2.05, 4.69) is 64.1 Å². The van der Waals surface area contributed by atoms with Crippen LogP contribution < -0.4 is 28.4 Å². The Morgan fingerprint density at radius 2 is 0.605 bits per heavy atom. The van der Waals surface area contributed by atoms with E-state index >= 15 is 0 Å². The van der Waals surface area contributed by atoms with E-state index in [1.807, 2.05) is 27.7 Å². The molecule has 0 N–H and O–H groups in total. The number of rotatable bonds is 0. The highest BCUT2D eigenvalue weighted by Gasteiger charge is 2.46. The van der Waals surface area contributed by atoms with Gasteiger partial charge >= 0.3 is 0 Å². The summed E-state index contributed by atoms with van der Waals surface area (Å²) < 4.78 is 38.2. The van der Waals surface area contributed by atoms with Crippen LogP contribution in [0.25, 0.3) is 32.3 Å². The lowest BCUT2D eigenvalue weighted by Gasteiger charge is -2.45. The Balaban J connectivity index is 1.58. The van der Waals surface area contributed by atoms with Crippen LogP contribution in [0.2, 0.25) is 0 Å². The lowest BCUT2D eigenvalue weighted by Crippen LogP contribution is -2.56. The zero-order chi connectivity index (χ0) is 26.7. The van der Waals surface area contributed by atoms with Gasteiger partial charge in [-0.05, 0) is 124 Å². The highest BCUT2D eigenvalue weighted by atomic mass is 16.6. The molecule has 7 rings (SSSR count). The molecule has 4 aromatic carbocycles. The third-order valence-electron chi connectivity index (χ3n) is 8.88. The molecule has 3 aliphatic rings. The van der Waals surface area contributed by atoms with Crippen molar-refractivity contribution in [1.29, 1.82) is 0 Å². The molecular formula is C32H34O6. The van der Waals surface area contributed by atoms with Crippen molar-refractivity contribution >= 4 is 32.3 Å². The fourth-order valence-corrected chi connectivity index (χ4v) is 5.52. The summed E-state index contributed by atoms with van der Waals surface area (Å²) in [5.74, 6) is 4.47. The van der Waals surface area contributed by atoms with Crippen molar-refractivity contribution in [2.45, 2.75) is 91.0 Å². The van der Waals surface area contributed by atoms with Gasteiger partial charge in [0.2, 0.25) is 0 Å². The topological polar surface area (TPSA) is 55.4 Å². The Kier molecular flexibility index (Phi) is 4.67. The second-order valence-electron chi connectivity index (χ2n) is 12.1. The van der Waals surface area contributed by atoms with Crippen LogP contribution in [0.3, 0.4) is 0 Å². The number of hydrogen-bond donors (Lipinski definition) is 0. The van der Waals surface area contributed by atoms with Crippen LogP contribution in [0.4, 0.5) is 0 Å². The fourth-order valence-electron chi connectivity index (χ4n) is 5.52. The summed E-state index contributed by atoms with van der Waals surface area (Å²) in [7, 11) is 0. The summed E-state index contributed by atoms with van der Waals surface area (Å²) in [5, 5.41) is 6.35. The average molecular weight is 515 g/mol. The van der Waals surface area contributed by atoms with Crippen molar-refractivity contribution < 1.29 is 28.4 Å². The first kappa shape index (κ1) is 23.6. The summed E-state index contributed by atoms with van der Waals surface area (Å²) in [4.78, 5) is 0. The van der Waals surface area contributed by atoms with Gasteiger partial charge in [0, 0.05) is 0 Å². The minimum absolute atomic E-state index is 0.0401. The number of fused-ring (bicyclic) bond motifs is 9. The molecular weight excluding hydrogens is 480 g/mol. The van der Waals surface area contributed by atoms with Gasteiger partial charge in [-0.1, -0.05) is 0 Å². The Labute approximate surface area is 222 Å². The predicted octanol–water partition coefficient (Wildman–Crippen LogP) is 7.57. The van der Waals surface area contributed by atoms with Gasteiger partial charge in [0.15, 0.2) is 34.5 Å². The van der Waals surface area contributed by atoms with Crippen molar-refractivity contribution in [2.75, 3.05) is 0 Å². The van der Waals surface area contributed by atoms with E-state index in [4.69, 9.17) is 28.4 Å². The number of ether oxygens (including phenoxy) is 6. The van der Waals surface area contributed by atoms with Crippen molar-refractivity contribution in [3.8, 4) is 34.5 Å². The molecule has 4 atom stereocenters. The molecule has 0 saturated carbocycles. The maximum atomic E-state index is 6.54. The van der Waals surface area contributed by atoms with Gasteiger partial charge in [0.05, 0.1) is 0 Å². The number of hydrogen-bond acceptors (Lipinski definition) is 6. The molecule has 0 aliphatic carbocycles. The maximum Gasteiger partial charge on any atom is 0.162 e. The molecule has 198 valence electrons.